The molecular weight excluding hydrogens is 294 g/mol. The minimum atomic E-state index is 0.231. The molecule has 118 valence electrons. The second kappa shape index (κ2) is 4.88. The maximum absolute atomic E-state index is 6.23. The Balaban J connectivity index is 1.34. The van der Waals surface area contributed by atoms with Gasteiger partial charge in [-0.3, -0.25) is 0 Å². The zero-order valence-electron chi connectivity index (χ0n) is 13.1. The van der Waals surface area contributed by atoms with Crippen LogP contribution >= 0.6 is 11.6 Å². The molecule has 3 atom stereocenters. The van der Waals surface area contributed by atoms with Gasteiger partial charge in [-0.25, -0.2) is 0 Å². The normalized spacial score (nSPS) is 35.8. The topological polar surface area (TPSA) is 12.5 Å². The largest absolute Gasteiger partial charge is 0.492 e. The Morgan fingerprint density at radius 1 is 1.14 bits per heavy atom. The van der Waals surface area contributed by atoms with E-state index in [1.807, 2.05) is 6.07 Å². The first kappa shape index (κ1) is 13.7. The number of halogens is 1. The highest BCUT2D eigenvalue weighted by atomic mass is 35.5. The molecule has 2 aliphatic carbocycles. The number of rotatable bonds is 1. The number of piperidine rings is 1. The molecule has 0 unspecified atom stereocenters. The molecule has 0 amide bonds. The van der Waals surface area contributed by atoms with Gasteiger partial charge >= 0.3 is 0 Å². The van der Waals surface area contributed by atoms with Crippen molar-refractivity contribution >= 4 is 11.6 Å². The smallest absolute Gasteiger partial charge is 0.123 e. The number of ether oxygens (including phenoxy) is 1. The summed E-state index contributed by atoms with van der Waals surface area (Å²) in [5.74, 6) is 3.11. The van der Waals surface area contributed by atoms with E-state index in [1.54, 1.807) is 0 Å². The maximum atomic E-state index is 6.23. The lowest BCUT2D eigenvalue weighted by Gasteiger charge is -2.43. The molecule has 2 saturated carbocycles. The molecule has 1 spiro atoms. The van der Waals surface area contributed by atoms with E-state index in [0.717, 1.165) is 35.3 Å². The van der Waals surface area contributed by atoms with Crippen LogP contribution in [0.25, 0.3) is 0 Å². The van der Waals surface area contributed by atoms with Crippen molar-refractivity contribution in [2.75, 3.05) is 19.7 Å². The Morgan fingerprint density at radius 2 is 2.00 bits per heavy atom. The molecule has 2 heterocycles. The predicted molar refractivity (Wildman–Crippen MR) is 88.7 cm³/mol. The van der Waals surface area contributed by atoms with Crippen molar-refractivity contribution < 1.29 is 4.74 Å². The second-order valence-electron chi connectivity index (χ2n) is 7.99. The van der Waals surface area contributed by atoms with Crippen LogP contribution < -0.4 is 4.74 Å². The van der Waals surface area contributed by atoms with Gasteiger partial charge in [0.15, 0.2) is 0 Å². The van der Waals surface area contributed by atoms with Crippen LogP contribution in [0.15, 0.2) is 18.2 Å². The van der Waals surface area contributed by atoms with Crippen molar-refractivity contribution in [2.24, 2.45) is 11.8 Å². The summed E-state index contributed by atoms with van der Waals surface area (Å²) in [7, 11) is 0. The van der Waals surface area contributed by atoms with Crippen molar-refractivity contribution in [1.29, 1.82) is 0 Å². The lowest BCUT2D eigenvalue weighted by molar-refractivity contribution is 0.0747. The monoisotopic (exact) mass is 317 g/mol. The highest BCUT2D eigenvalue weighted by molar-refractivity contribution is 6.30. The molecule has 22 heavy (non-hydrogen) atoms. The first-order valence-electron chi connectivity index (χ1n) is 8.90. The SMILES string of the molecule is Clc1ccc2c(c1)C1(CCN([C@@H]3C[C@H]4CC[C@H]3C4)CC1)CO2. The number of fused-ring (bicyclic) bond motifs is 4. The Labute approximate surface area is 137 Å². The number of nitrogens with zero attached hydrogens (tertiary/aromatic N) is 1. The van der Waals surface area contributed by atoms with Gasteiger partial charge in [0, 0.05) is 22.0 Å². The van der Waals surface area contributed by atoms with Crippen LogP contribution in [0.3, 0.4) is 0 Å². The molecule has 3 heteroatoms. The van der Waals surface area contributed by atoms with Crippen molar-refractivity contribution in [1.82, 2.24) is 4.90 Å². The Bertz CT molecular complexity index is 593. The lowest BCUT2D eigenvalue weighted by Crippen LogP contribution is -2.49. The van der Waals surface area contributed by atoms with Crippen LogP contribution in [0.1, 0.15) is 44.1 Å². The molecule has 1 aromatic carbocycles. The van der Waals surface area contributed by atoms with Crippen molar-refractivity contribution in [3.05, 3.63) is 28.8 Å². The van der Waals surface area contributed by atoms with Gasteiger partial charge in [0.1, 0.15) is 5.75 Å². The van der Waals surface area contributed by atoms with E-state index >= 15 is 0 Å². The Kier molecular flexibility index (Phi) is 3.04. The molecule has 0 radical (unpaired) electrons. The highest BCUT2D eigenvalue weighted by Crippen LogP contribution is 2.50. The van der Waals surface area contributed by atoms with E-state index < -0.39 is 0 Å². The highest BCUT2D eigenvalue weighted by Gasteiger charge is 2.47. The number of likely N-dealkylation sites (tertiary alicyclic amines) is 1. The Morgan fingerprint density at radius 3 is 2.73 bits per heavy atom. The quantitative estimate of drug-likeness (QED) is 0.767. The van der Waals surface area contributed by atoms with Crippen LogP contribution in [0.4, 0.5) is 0 Å². The summed E-state index contributed by atoms with van der Waals surface area (Å²) in [5, 5.41) is 0.846. The Hall–Kier alpha value is -0.730. The molecule has 2 bridgehead atoms. The minimum absolute atomic E-state index is 0.231. The molecule has 1 saturated heterocycles. The minimum Gasteiger partial charge on any atom is -0.492 e. The van der Waals surface area contributed by atoms with E-state index in [4.69, 9.17) is 16.3 Å². The first-order chi connectivity index (χ1) is 10.7. The van der Waals surface area contributed by atoms with Crippen LogP contribution in [-0.2, 0) is 5.41 Å². The summed E-state index contributed by atoms with van der Waals surface area (Å²) in [4.78, 5) is 2.80. The zero-order valence-corrected chi connectivity index (χ0v) is 13.8. The van der Waals surface area contributed by atoms with Gasteiger partial charge in [0.05, 0.1) is 6.61 Å². The second-order valence-corrected chi connectivity index (χ2v) is 8.42. The molecule has 0 aromatic heterocycles. The number of hydrogen-bond acceptors (Lipinski definition) is 2. The molecule has 1 aromatic rings. The standard InChI is InChI=1S/C19H24ClNO/c20-15-3-4-18-16(11-15)19(12-22-18)5-7-21(8-6-19)17-10-13-1-2-14(17)9-13/h3-4,11,13-14,17H,1-2,5-10,12H2/t13-,14-,17+/m0/s1. The van der Waals surface area contributed by atoms with Crippen LogP contribution in [0, 0.1) is 11.8 Å². The summed E-state index contributed by atoms with van der Waals surface area (Å²) in [6.07, 6.45) is 8.42. The average molecular weight is 318 g/mol. The van der Waals surface area contributed by atoms with E-state index in [2.05, 4.69) is 17.0 Å². The molecule has 4 aliphatic rings. The van der Waals surface area contributed by atoms with Gasteiger partial charge < -0.3 is 9.64 Å². The first-order valence-corrected chi connectivity index (χ1v) is 9.28. The number of hydrogen-bond donors (Lipinski definition) is 0. The molecule has 2 aliphatic heterocycles. The van der Waals surface area contributed by atoms with Gasteiger partial charge in [0.25, 0.3) is 0 Å². The summed E-state index contributed by atoms with van der Waals surface area (Å²) in [6.45, 7) is 3.33. The lowest BCUT2D eigenvalue weighted by atomic mass is 9.74. The van der Waals surface area contributed by atoms with Gasteiger partial charge in [0.2, 0.25) is 0 Å². The fourth-order valence-electron chi connectivity index (χ4n) is 5.69. The van der Waals surface area contributed by atoms with Crippen LogP contribution in [-0.4, -0.2) is 30.6 Å². The average Bonchev–Trinajstić information content (AvgIpc) is 3.24. The summed E-state index contributed by atoms with van der Waals surface area (Å²) in [5.41, 5.74) is 1.60. The molecular formula is C19H24ClNO. The van der Waals surface area contributed by atoms with Gasteiger partial charge in [-0.05, 0) is 75.2 Å². The zero-order chi connectivity index (χ0) is 14.7. The summed E-state index contributed by atoms with van der Waals surface area (Å²) in [6, 6.07) is 7.03. The number of benzene rings is 1. The summed E-state index contributed by atoms with van der Waals surface area (Å²) < 4.78 is 5.98. The van der Waals surface area contributed by atoms with Crippen molar-refractivity contribution in [3.63, 3.8) is 0 Å². The van der Waals surface area contributed by atoms with Crippen LogP contribution in [0.2, 0.25) is 5.02 Å². The molecule has 3 fully saturated rings. The van der Waals surface area contributed by atoms with E-state index in [1.165, 1.54) is 57.2 Å². The van der Waals surface area contributed by atoms with Gasteiger partial charge in [-0.2, -0.15) is 0 Å². The van der Waals surface area contributed by atoms with E-state index in [9.17, 15) is 0 Å². The maximum Gasteiger partial charge on any atom is 0.123 e. The fourth-order valence-corrected chi connectivity index (χ4v) is 5.86. The third kappa shape index (κ3) is 1.96. The van der Waals surface area contributed by atoms with Gasteiger partial charge in [-0.1, -0.05) is 18.0 Å². The van der Waals surface area contributed by atoms with Crippen molar-refractivity contribution in [3.8, 4) is 5.75 Å². The fraction of sp³-hybridized carbons (Fsp3) is 0.684. The molecule has 5 rings (SSSR count). The molecule has 2 nitrogen and oxygen atoms in total. The van der Waals surface area contributed by atoms with Crippen molar-refractivity contribution in [2.45, 2.75) is 50.0 Å². The van der Waals surface area contributed by atoms with Crippen LogP contribution in [0.5, 0.6) is 5.75 Å². The third-order valence-corrected chi connectivity index (χ3v) is 7.18. The van der Waals surface area contributed by atoms with E-state index in [0.29, 0.717) is 0 Å². The molecule has 0 N–H and O–H groups in total. The third-order valence-electron chi connectivity index (χ3n) is 6.94. The van der Waals surface area contributed by atoms with Gasteiger partial charge in [-0.15, -0.1) is 0 Å². The van der Waals surface area contributed by atoms with E-state index in [-0.39, 0.29) is 5.41 Å². The predicted octanol–water partition coefficient (Wildman–Crippen LogP) is 4.25. The summed E-state index contributed by atoms with van der Waals surface area (Å²) >= 11 is 6.23.